The van der Waals surface area contributed by atoms with E-state index in [9.17, 15) is 14.4 Å². The number of hydrogen-bond donors (Lipinski definition) is 2. The summed E-state index contributed by atoms with van der Waals surface area (Å²) in [5, 5.41) is 0. The molecular weight excluding hydrogens is 312 g/mol. The Morgan fingerprint density at radius 2 is 2.04 bits per heavy atom. The number of fused-ring (bicyclic) bond motifs is 1. The predicted octanol–water partition coefficient (Wildman–Crippen LogP) is 0.465. The molecule has 126 valence electrons. The van der Waals surface area contributed by atoms with E-state index in [-0.39, 0.29) is 13.0 Å². The molecule has 1 aliphatic rings. The Hall–Kier alpha value is -2.90. The monoisotopic (exact) mass is 330 g/mol. The number of pyridine rings is 1. The van der Waals surface area contributed by atoms with Crippen molar-refractivity contribution in [2.24, 2.45) is 0 Å². The predicted molar refractivity (Wildman–Crippen MR) is 83.8 cm³/mol. The van der Waals surface area contributed by atoms with E-state index < -0.39 is 17.8 Å². The molecule has 2 N–H and O–H groups in total. The average Bonchev–Trinajstić information content (AvgIpc) is 3.33. The third-order valence-corrected chi connectivity index (χ3v) is 3.69. The minimum atomic E-state index is -1.04. The molecule has 0 aromatic carbocycles. The highest BCUT2D eigenvalue weighted by atomic mass is 16.5. The van der Waals surface area contributed by atoms with Crippen molar-refractivity contribution < 1.29 is 19.1 Å². The molecule has 2 aromatic rings. The highest BCUT2D eigenvalue weighted by molar-refractivity contribution is 6.32. The number of hydrogen-bond acceptors (Lipinski definition) is 5. The van der Waals surface area contributed by atoms with Crippen molar-refractivity contribution in [2.75, 3.05) is 6.61 Å². The van der Waals surface area contributed by atoms with Gasteiger partial charge in [-0.15, -0.1) is 0 Å². The third kappa shape index (κ3) is 3.70. The highest BCUT2D eigenvalue weighted by Crippen LogP contribution is 2.39. The number of nitrogens with zero attached hydrogens (tertiary/aromatic N) is 2. The summed E-state index contributed by atoms with van der Waals surface area (Å²) in [6.45, 7) is 1.67. The molecule has 1 saturated carbocycles. The molecule has 0 atom stereocenters. The number of hydrazine groups is 1. The molecule has 0 saturated heterocycles. The van der Waals surface area contributed by atoms with Crippen LogP contribution in [0.2, 0.25) is 0 Å². The van der Waals surface area contributed by atoms with E-state index in [0.29, 0.717) is 11.6 Å². The van der Waals surface area contributed by atoms with Gasteiger partial charge in [-0.25, -0.2) is 9.78 Å². The lowest BCUT2D eigenvalue weighted by molar-refractivity contribution is -0.155. The van der Waals surface area contributed by atoms with Crippen molar-refractivity contribution in [3.8, 4) is 0 Å². The van der Waals surface area contributed by atoms with Crippen LogP contribution in [0, 0.1) is 0 Å². The van der Waals surface area contributed by atoms with E-state index >= 15 is 0 Å². The molecule has 2 aromatic heterocycles. The topological polar surface area (TPSA) is 102 Å². The van der Waals surface area contributed by atoms with Gasteiger partial charge in [-0.2, -0.15) is 0 Å². The summed E-state index contributed by atoms with van der Waals surface area (Å²) in [4.78, 5) is 38.6. The van der Waals surface area contributed by atoms with Gasteiger partial charge in [0.05, 0.1) is 18.7 Å². The zero-order valence-corrected chi connectivity index (χ0v) is 13.2. The van der Waals surface area contributed by atoms with Gasteiger partial charge in [0.15, 0.2) is 0 Å². The Kier molecular flexibility index (Phi) is 4.45. The van der Waals surface area contributed by atoms with E-state index in [1.165, 1.54) is 18.4 Å². The molecule has 0 spiro atoms. The first-order valence-electron chi connectivity index (χ1n) is 7.80. The Bertz CT molecular complexity index is 794. The maximum Gasteiger partial charge on any atom is 0.398 e. The molecule has 3 rings (SSSR count). The summed E-state index contributed by atoms with van der Waals surface area (Å²) >= 11 is 0. The number of nitrogens with one attached hydrogen (secondary N) is 2. The van der Waals surface area contributed by atoms with Gasteiger partial charge >= 0.3 is 11.9 Å². The molecule has 2 heterocycles. The smallest absolute Gasteiger partial charge is 0.398 e. The van der Waals surface area contributed by atoms with Crippen LogP contribution in [-0.4, -0.2) is 33.8 Å². The van der Waals surface area contributed by atoms with Gasteiger partial charge in [0, 0.05) is 12.4 Å². The van der Waals surface area contributed by atoms with Crippen molar-refractivity contribution in [3.05, 3.63) is 35.8 Å². The largest absolute Gasteiger partial charge is 0.459 e. The van der Waals surface area contributed by atoms with Crippen LogP contribution < -0.4 is 10.9 Å². The van der Waals surface area contributed by atoms with E-state index in [4.69, 9.17) is 0 Å². The number of amides is 2. The van der Waals surface area contributed by atoms with Gasteiger partial charge in [-0.1, -0.05) is 6.07 Å². The number of aromatic nitrogens is 2. The fourth-order valence-corrected chi connectivity index (χ4v) is 2.39. The van der Waals surface area contributed by atoms with Crippen LogP contribution in [0.25, 0.3) is 5.65 Å². The van der Waals surface area contributed by atoms with Crippen molar-refractivity contribution in [1.82, 2.24) is 20.2 Å². The number of imidazole rings is 1. The zero-order valence-electron chi connectivity index (χ0n) is 13.2. The second-order valence-corrected chi connectivity index (χ2v) is 5.63. The second-order valence-electron chi connectivity index (χ2n) is 5.63. The Morgan fingerprint density at radius 3 is 2.75 bits per heavy atom. The minimum absolute atomic E-state index is 0.0104. The summed E-state index contributed by atoms with van der Waals surface area (Å²) in [5.41, 5.74) is 6.78. The maximum atomic E-state index is 11.8. The molecule has 0 unspecified atom stereocenters. The molecule has 0 aliphatic heterocycles. The standard InChI is InChI=1S/C16H18N4O4/c1-2-24-16(23)15(22)19-18-14(21)7-12-9-20-8-11(10-3-4-10)5-6-13(20)17-12/h5-6,8-10H,2-4,7H2,1H3,(H,18,21)(H,19,22). The van der Waals surface area contributed by atoms with Gasteiger partial charge in [-0.3, -0.25) is 20.4 Å². The lowest BCUT2D eigenvalue weighted by Gasteiger charge is -2.05. The summed E-state index contributed by atoms with van der Waals surface area (Å²) in [6.07, 6.45) is 6.24. The molecule has 8 heteroatoms. The van der Waals surface area contributed by atoms with Gasteiger partial charge in [0.2, 0.25) is 5.91 Å². The van der Waals surface area contributed by atoms with Crippen LogP contribution in [0.3, 0.4) is 0 Å². The number of carbonyl (C=O) groups is 3. The highest BCUT2D eigenvalue weighted by Gasteiger charge is 2.23. The van der Waals surface area contributed by atoms with Crippen LogP contribution in [0.5, 0.6) is 0 Å². The molecule has 8 nitrogen and oxygen atoms in total. The molecule has 24 heavy (non-hydrogen) atoms. The van der Waals surface area contributed by atoms with E-state index in [1.54, 1.807) is 13.1 Å². The van der Waals surface area contributed by atoms with E-state index in [1.807, 2.05) is 22.1 Å². The molecule has 0 bridgehead atoms. The second kappa shape index (κ2) is 6.69. The number of ether oxygens (including phenoxy) is 1. The molecule has 0 radical (unpaired) electrons. The fourth-order valence-electron chi connectivity index (χ4n) is 2.39. The average molecular weight is 330 g/mol. The quantitative estimate of drug-likeness (QED) is 0.482. The van der Waals surface area contributed by atoms with Crippen LogP contribution in [-0.2, 0) is 25.5 Å². The number of rotatable bonds is 4. The van der Waals surface area contributed by atoms with Gasteiger partial charge in [0.1, 0.15) is 5.65 Å². The first-order chi connectivity index (χ1) is 11.6. The molecule has 2 amide bonds. The summed E-state index contributed by atoms with van der Waals surface area (Å²) in [6, 6.07) is 3.99. The Balaban J connectivity index is 1.57. The Labute approximate surface area is 138 Å². The van der Waals surface area contributed by atoms with Crippen LogP contribution in [0.1, 0.15) is 36.9 Å². The van der Waals surface area contributed by atoms with Crippen molar-refractivity contribution in [2.45, 2.75) is 32.1 Å². The molecule has 1 fully saturated rings. The number of esters is 1. The van der Waals surface area contributed by atoms with Crippen molar-refractivity contribution in [1.29, 1.82) is 0 Å². The van der Waals surface area contributed by atoms with Gasteiger partial charge in [-0.05, 0) is 37.3 Å². The summed E-state index contributed by atoms with van der Waals surface area (Å²) in [5.74, 6) is -1.90. The first kappa shape index (κ1) is 16.0. The maximum absolute atomic E-state index is 11.8. The zero-order chi connectivity index (χ0) is 17.1. The van der Waals surface area contributed by atoms with Crippen LogP contribution in [0.4, 0.5) is 0 Å². The summed E-state index contributed by atoms with van der Waals surface area (Å²) in [7, 11) is 0. The lowest BCUT2D eigenvalue weighted by Crippen LogP contribution is -2.46. The fraction of sp³-hybridized carbons (Fsp3) is 0.375. The van der Waals surface area contributed by atoms with Crippen LogP contribution in [0.15, 0.2) is 24.5 Å². The van der Waals surface area contributed by atoms with E-state index in [0.717, 1.165) is 5.65 Å². The Morgan fingerprint density at radius 1 is 1.25 bits per heavy atom. The minimum Gasteiger partial charge on any atom is -0.459 e. The normalized spacial score (nSPS) is 13.5. The van der Waals surface area contributed by atoms with Gasteiger partial charge < -0.3 is 9.14 Å². The molecule has 1 aliphatic carbocycles. The van der Waals surface area contributed by atoms with Crippen LogP contribution >= 0.6 is 0 Å². The third-order valence-electron chi connectivity index (χ3n) is 3.69. The molecular formula is C16H18N4O4. The van der Waals surface area contributed by atoms with Crippen molar-refractivity contribution in [3.63, 3.8) is 0 Å². The SMILES string of the molecule is CCOC(=O)C(=O)NNC(=O)Cc1cn2cc(C3CC3)ccc2n1. The van der Waals surface area contributed by atoms with Gasteiger partial charge in [0.25, 0.3) is 0 Å². The summed E-state index contributed by atoms with van der Waals surface area (Å²) < 4.78 is 6.41. The lowest BCUT2D eigenvalue weighted by atomic mass is 10.2. The first-order valence-corrected chi connectivity index (χ1v) is 7.80. The van der Waals surface area contributed by atoms with Crippen molar-refractivity contribution >= 4 is 23.4 Å². The van der Waals surface area contributed by atoms with E-state index in [2.05, 4.69) is 21.2 Å². The number of carbonyl (C=O) groups excluding carboxylic acids is 3.